The second-order valence-electron chi connectivity index (χ2n) is 10.6. The van der Waals surface area contributed by atoms with Gasteiger partial charge in [-0.25, -0.2) is 9.78 Å². The molecule has 2 aliphatic rings. The van der Waals surface area contributed by atoms with Gasteiger partial charge in [-0.2, -0.15) is 0 Å². The maximum absolute atomic E-state index is 13.7. The molecule has 1 aromatic heterocycles. The molecule has 3 heterocycles. The molecule has 11 heteroatoms. The highest BCUT2D eigenvalue weighted by molar-refractivity contribution is 7.17. The van der Waals surface area contributed by atoms with E-state index in [-0.39, 0.29) is 34.1 Å². The average Bonchev–Trinajstić information content (AvgIpc) is 3.65. The van der Waals surface area contributed by atoms with Gasteiger partial charge in [0, 0.05) is 12.0 Å². The first kappa shape index (κ1) is 31.1. The van der Waals surface area contributed by atoms with Crippen LogP contribution in [0.25, 0.3) is 5.76 Å². The summed E-state index contributed by atoms with van der Waals surface area (Å²) in [4.78, 5) is 46.1. The number of benzene rings is 2. The van der Waals surface area contributed by atoms with Crippen molar-refractivity contribution in [3.63, 3.8) is 0 Å². The Bertz CT molecular complexity index is 1630. The number of aliphatic hydroxyl groups excluding tert-OH is 1. The molecule has 0 aliphatic carbocycles. The van der Waals surface area contributed by atoms with Crippen molar-refractivity contribution in [1.82, 2.24) is 4.98 Å². The number of rotatable bonds is 11. The van der Waals surface area contributed by atoms with Crippen LogP contribution in [0.4, 0.5) is 5.13 Å². The standard InChI is InChI=1S/C33H36N2O8S/c1-6-9-14-42-24-13-10-20(17-25(24)40-7-2)27-26(28(36)21-11-12-23-22(16-21)15-18(4)43-23)29(37)31(38)35(27)33-34-19(5)30(44-33)32(39)41-8-3/h10-13,16-18,27,36H,6-9,14-15H2,1-5H3/t18-,27+/m1/s1. The molecule has 0 bridgehead atoms. The number of ether oxygens (including phenoxy) is 4. The number of hydrogen-bond acceptors (Lipinski definition) is 10. The lowest BCUT2D eigenvalue weighted by Gasteiger charge is -2.24. The number of esters is 1. The Labute approximate surface area is 260 Å². The van der Waals surface area contributed by atoms with Gasteiger partial charge in [0.1, 0.15) is 22.5 Å². The van der Waals surface area contributed by atoms with E-state index in [4.69, 9.17) is 18.9 Å². The lowest BCUT2D eigenvalue weighted by Crippen LogP contribution is -2.29. The molecule has 2 atom stereocenters. The lowest BCUT2D eigenvalue weighted by molar-refractivity contribution is -0.132. The third-order valence-electron chi connectivity index (χ3n) is 7.40. The van der Waals surface area contributed by atoms with Gasteiger partial charge in [0.2, 0.25) is 0 Å². The smallest absolute Gasteiger partial charge is 0.350 e. The predicted octanol–water partition coefficient (Wildman–Crippen LogP) is 6.16. The zero-order valence-electron chi connectivity index (χ0n) is 25.5. The Morgan fingerprint density at radius 1 is 1.09 bits per heavy atom. The zero-order chi connectivity index (χ0) is 31.5. The second-order valence-corrected chi connectivity index (χ2v) is 11.6. The lowest BCUT2D eigenvalue weighted by atomic mass is 9.94. The maximum atomic E-state index is 13.7. The fraction of sp³-hybridized carbons (Fsp3) is 0.394. The van der Waals surface area contributed by atoms with E-state index in [1.165, 1.54) is 4.90 Å². The first-order valence-electron chi connectivity index (χ1n) is 14.8. The molecule has 5 rings (SSSR count). The number of carbonyl (C=O) groups is 3. The van der Waals surface area contributed by atoms with E-state index in [9.17, 15) is 19.5 Å². The number of carbonyl (C=O) groups excluding carboxylic acids is 3. The Morgan fingerprint density at radius 3 is 2.61 bits per heavy atom. The van der Waals surface area contributed by atoms with Gasteiger partial charge in [0.25, 0.3) is 5.78 Å². The number of amides is 1. The van der Waals surface area contributed by atoms with Crippen molar-refractivity contribution in [1.29, 1.82) is 0 Å². The molecule has 0 unspecified atom stereocenters. The molecular weight excluding hydrogens is 584 g/mol. The summed E-state index contributed by atoms with van der Waals surface area (Å²) in [6.45, 7) is 10.3. The van der Waals surface area contributed by atoms with E-state index >= 15 is 0 Å². The van der Waals surface area contributed by atoms with Crippen LogP contribution in [0.5, 0.6) is 17.2 Å². The number of anilines is 1. The third-order valence-corrected chi connectivity index (χ3v) is 8.54. The van der Waals surface area contributed by atoms with E-state index in [1.807, 2.05) is 13.8 Å². The van der Waals surface area contributed by atoms with Crippen molar-refractivity contribution in [2.24, 2.45) is 0 Å². The maximum Gasteiger partial charge on any atom is 0.350 e. The van der Waals surface area contributed by atoms with Gasteiger partial charge in [-0.05, 0) is 75.6 Å². The van der Waals surface area contributed by atoms with Crippen LogP contribution in [0.15, 0.2) is 42.0 Å². The van der Waals surface area contributed by atoms with Gasteiger partial charge in [-0.3, -0.25) is 14.5 Å². The first-order valence-corrected chi connectivity index (χ1v) is 15.6. The summed E-state index contributed by atoms with van der Waals surface area (Å²) >= 11 is 0.957. The number of unbranched alkanes of at least 4 members (excludes halogenated alkanes) is 1. The van der Waals surface area contributed by atoms with Crippen LogP contribution in [0.3, 0.4) is 0 Å². The highest BCUT2D eigenvalue weighted by atomic mass is 32.1. The van der Waals surface area contributed by atoms with E-state index < -0.39 is 23.7 Å². The summed E-state index contributed by atoms with van der Waals surface area (Å²) in [6.07, 6.45) is 2.47. The van der Waals surface area contributed by atoms with Crippen LogP contribution in [-0.2, 0) is 20.7 Å². The summed E-state index contributed by atoms with van der Waals surface area (Å²) in [5.74, 6) is -0.941. The quantitative estimate of drug-likeness (QED) is 0.0883. The Morgan fingerprint density at radius 2 is 1.89 bits per heavy atom. The number of aromatic nitrogens is 1. The molecule has 0 radical (unpaired) electrons. The molecule has 3 aromatic rings. The largest absolute Gasteiger partial charge is 0.507 e. The molecule has 1 fully saturated rings. The van der Waals surface area contributed by atoms with Gasteiger partial charge >= 0.3 is 11.9 Å². The molecule has 2 aliphatic heterocycles. The molecule has 44 heavy (non-hydrogen) atoms. The topological polar surface area (TPSA) is 124 Å². The van der Waals surface area contributed by atoms with E-state index in [1.54, 1.807) is 50.2 Å². The molecule has 10 nitrogen and oxygen atoms in total. The summed E-state index contributed by atoms with van der Waals surface area (Å²) in [7, 11) is 0. The molecule has 0 spiro atoms. The second kappa shape index (κ2) is 13.1. The normalized spacial score (nSPS) is 18.7. The van der Waals surface area contributed by atoms with Crippen molar-refractivity contribution >= 4 is 39.9 Å². The van der Waals surface area contributed by atoms with Gasteiger partial charge in [0.05, 0.1) is 37.1 Å². The van der Waals surface area contributed by atoms with Crippen molar-refractivity contribution in [3.8, 4) is 17.2 Å². The van der Waals surface area contributed by atoms with Crippen molar-refractivity contribution in [3.05, 3.63) is 69.2 Å². The summed E-state index contributed by atoms with van der Waals surface area (Å²) in [5.41, 5.74) is 2.05. The van der Waals surface area contributed by atoms with Crippen LogP contribution in [0.1, 0.15) is 78.6 Å². The Hall–Kier alpha value is -4.38. The first-order chi connectivity index (χ1) is 21.2. The van der Waals surface area contributed by atoms with Gasteiger partial charge < -0.3 is 24.1 Å². The summed E-state index contributed by atoms with van der Waals surface area (Å²) in [6, 6.07) is 9.33. The summed E-state index contributed by atoms with van der Waals surface area (Å²) < 4.78 is 22.8. The number of hydrogen-bond donors (Lipinski definition) is 1. The van der Waals surface area contributed by atoms with Crippen LogP contribution in [-0.4, -0.2) is 53.7 Å². The van der Waals surface area contributed by atoms with Crippen LogP contribution in [0, 0.1) is 6.92 Å². The molecule has 1 saturated heterocycles. The molecule has 0 saturated carbocycles. The van der Waals surface area contributed by atoms with Gasteiger partial charge in [0.15, 0.2) is 16.6 Å². The van der Waals surface area contributed by atoms with Crippen molar-refractivity contribution in [2.45, 2.75) is 66.0 Å². The molecule has 1 N–H and O–H groups in total. The highest BCUT2D eigenvalue weighted by Crippen LogP contribution is 2.46. The van der Waals surface area contributed by atoms with Crippen molar-refractivity contribution < 1.29 is 38.4 Å². The number of thiazole rings is 1. The van der Waals surface area contributed by atoms with Gasteiger partial charge in [-0.1, -0.05) is 30.7 Å². The fourth-order valence-electron chi connectivity index (χ4n) is 5.35. The average molecular weight is 621 g/mol. The monoisotopic (exact) mass is 620 g/mol. The van der Waals surface area contributed by atoms with Crippen LogP contribution in [0.2, 0.25) is 0 Å². The SMILES string of the molecule is CCCCOc1ccc([C@H]2C(=C(O)c3ccc4c(c3)C[C@@H](C)O4)C(=O)C(=O)N2c2nc(C)c(C(=O)OCC)s2)cc1OCC. The molecular formula is C33H36N2O8S. The Balaban J connectivity index is 1.67. The minimum atomic E-state index is -1.07. The highest BCUT2D eigenvalue weighted by Gasteiger charge is 2.49. The fourth-order valence-corrected chi connectivity index (χ4v) is 6.34. The van der Waals surface area contributed by atoms with E-state index in [0.717, 1.165) is 35.5 Å². The number of aliphatic hydroxyl groups is 1. The van der Waals surface area contributed by atoms with Gasteiger partial charge in [-0.15, -0.1) is 0 Å². The van der Waals surface area contributed by atoms with Crippen LogP contribution >= 0.6 is 11.3 Å². The minimum absolute atomic E-state index is 0.00948. The number of ketones is 1. The molecule has 2 aromatic carbocycles. The van der Waals surface area contributed by atoms with Crippen molar-refractivity contribution in [2.75, 3.05) is 24.7 Å². The summed E-state index contributed by atoms with van der Waals surface area (Å²) in [5, 5.41) is 11.8. The Kier molecular flexibility index (Phi) is 9.24. The number of fused-ring (bicyclic) bond motifs is 1. The zero-order valence-corrected chi connectivity index (χ0v) is 26.3. The van der Waals surface area contributed by atoms with Crippen LogP contribution < -0.4 is 19.1 Å². The molecule has 1 amide bonds. The minimum Gasteiger partial charge on any atom is -0.507 e. The number of Topliss-reactive ketones (excluding diaryl/α,β-unsaturated/α-hetero) is 1. The number of aryl methyl sites for hydroxylation is 1. The predicted molar refractivity (Wildman–Crippen MR) is 166 cm³/mol. The number of nitrogens with zero attached hydrogens (tertiary/aromatic N) is 2. The van der Waals surface area contributed by atoms with E-state index in [0.29, 0.717) is 48.0 Å². The third kappa shape index (κ3) is 5.88. The molecule has 232 valence electrons. The van der Waals surface area contributed by atoms with E-state index in [2.05, 4.69) is 11.9 Å².